The third-order valence-electron chi connectivity index (χ3n) is 4.72. The van der Waals surface area contributed by atoms with Gasteiger partial charge >= 0.3 is 0 Å². The molecule has 0 aromatic heterocycles. The molecule has 3 atom stereocenters. The van der Waals surface area contributed by atoms with Crippen molar-refractivity contribution in [3.8, 4) is 0 Å². The van der Waals surface area contributed by atoms with E-state index in [2.05, 4.69) is 13.5 Å². The Balaban J connectivity index is 1.99. The number of rotatable bonds is 4. The third-order valence-corrected chi connectivity index (χ3v) is 4.72. The molecular weight excluding hydrogens is 226 g/mol. The summed E-state index contributed by atoms with van der Waals surface area (Å²) in [5.74, 6) is 0.784. The Morgan fingerprint density at radius 1 is 1.44 bits per heavy atom. The van der Waals surface area contributed by atoms with Crippen LogP contribution in [0, 0.1) is 17.8 Å². The van der Waals surface area contributed by atoms with Crippen LogP contribution in [0.15, 0.2) is 23.8 Å². The molecule has 2 amide bonds. The molecule has 3 nitrogen and oxygen atoms in total. The predicted molar refractivity (Wildman–Crippen MR) is 68.6 cm³/mol. The molecule has 1 saturated carbocycles. The van der Waals surface area contributed by atoms with Gasteiger partial charge in [0.05, 0.1) is 5.92 Å². The van der Waals surface area contributed by atoms with E-state index in [1.807, 2.05) is 0 Å². The van der Waals surface area contributed by atoms with Crippen LogP contribution in [0.5, 0.6) is 0 Å². The highest BCUT2D eigenvalue weighted by molar-refractivity contribution is 6.16. The van der Waals surface area contributed by atoms with E-state index < -0.39 is 0 Å². The molecule has 0 spiro atoms. The molecule has 96 valence electrons. The van der Waals surface area contributed by atoms with Crippen LogP contribution in [-0.4, -0.2) is 23.3 Å². The van der Waals surface area contributed by atoms with Gasteiger partial charge in [0, 0.05) is 12.1 Å². The maximum atomic E-state index is 12.4. The van der Waals surface area contributed by atoms with Gasteiger partial charge in [-0.2, -0.15) is 0 Å². The van der Waals surface area contributed by atoms with Crippen molar-refractivity contribution in [2.75, 3.05) is 6.54 Å². The van der Waals surface area contributed by atoms with E-state index in [-0.39, 0.29) is 17.7 Å². The monoisotopic (exact) mass is 245 g/mol. The zero-order valence-electron chi connectivity index (χ0n) is 10.8. The number of allylic oxidation sites excluding steroid dienone is 1. The molecule has 0 aromatic rings. The number of hydrogen-bond donors (Lipinski definition) is 0. The molecule has 1 saturated heterocycles. The molecular formula is C15H19NO2. The molecule has 1 aliphatic heterocycles. The first-order chi connectivity index (χ1) is 8.70. The van der Waals surface area contributed by atoms with Crippen LogP contribution in [-0.2, 0) is 9.59 Å². The lowest BCUT2D eigenvalue weighted by molar-refractivity contribution is -0.139. The summed E-state index contributed by atoms with van der Waals surface area (Å²) < 4.78 is 0. The fourth-order valence-corrected chi connectivity index (χ4v) is 4.11. The normalized spacial score (nSPS) is 33.6. The van der Waals surface area contributed by atoms with Gasteiger partial charge in [-0.15, -0.1) is 6.58 Å². The molecule has 0 aromatic carbocycles. The second-order valence-electron chi connectivity index (χ2n) is 5.56. The van der Waals surface area contributed by atoms with E-state index in [4.69, 9.17) is 0 Å². The van der Waals surface area contributed by atoms with Crippen molar-refractivity contribution >= 4 is 11.8 Å². The second-order valence-corrected chi connectivity index (χ2v) is 5.56. The highest BCUT2D eigenvalue weighted by Gasteiger charge is 2.57. The lowest BCUT2D eigenvalue weighted by atomic mass is 9.85. The molecule has 3 unspecified atom stereocenters. The molecule has 2 bridgehead atoms. The largest absolute Gasteiger partial charge is 0.274 e. The van der Waals surface area contributed by atoms with Crippen LogP contribution in [0.2, 0.25) is 0 Å². The zero-order valence-corrected chi connectivity index (χ0v) is 10.8. The highest BCUT2D eigenvalue weighted by Crippen LogP contribution is 2.56. The zero-order chi connectivity index (χ0) is 12.9. The van der Waals surface area contributed by atoms with Gasteiger partial charge < -0.3 is 0 Å². The van der Waals surface area contributed by atoms with Gasteiger partial charge in [0.1, 0.15) is 0 Å². The summed E-state index contributed by atoms with van der Waals surface area (Å²) >= 11 is 0. The number of carbonyl (C=O) groups excluding carboxylic acids is 2. The number of carbonyl (C=O) groups is 2. The van der Waals surface area contributed by atoms with Crippen molar-refractivity contribution in [1.82, 2.24) is 4.90 Å². The first-order valence-electron chi connectivity index (χ1n) is 6.90. The predicted octanol–water partition coefficient (Wildman–Crippen LogP) is 2.29. The van der Waals surface area contributed by atoms with Crippen LogP contribution in [0.25, 0.3) is 0 Å². The van der Waals surface area contributed by atoms with Gasteiger partial charge in [-0.3, -0.25) is 14.5 Å². The molecule has 3 aliphatic rings. The van der Waals surface area contributed by atoms with Crippen LogP contribution >= 0.6 is 0 Å². The van der Waals surface area contributed by atoms with E-state index in [1.165, 1.54) is 10.5 Å². The third kappa shape index (κ3) is 1.30. The van der Waals surface area contributed by atoms with Gasteiger partial charge in [0.25, 0.3) is 5.91 Å². The van der Waals surface area contributed by atoms with Crippen LogP contribution in [0.1, 0.15) is 32.6 Å². The Kier molecular flexibility index (Phi) is 2.65. The van der Waals surface area contributed by atoms with E-state index in [0.717, 1.165) is 31.3 Å². The Morgan fingerprint density at radius 2 is 2.22 bits per heavy atom. The second kappa shape index (κ2) is 4.08. The van der Waals surface area contributed by atoms with Crippen LogP contribution in [0.3, 0.4) is 0 Å². The Morgan fingerprint density at radius 3 is 2.83 bits per heavy atom. The molecule has 3 rings (SSSR count). The number of hydrogen-bond acceptors (Lipinski definition) is 2. The maximum absolute atomic E-state index is 12.4. The quantitative estimate of drug-likeness (QED) is 0.563. The van der Waals surface area contributed by atoms with E-state index in [0.29, 0.717) is 18.4 Å². The minimum absolute atomic E-state index is 0.0238. The van der Waals surface area contributed by atoms with Crippen molar-refractivity contribution in [3.63, 3.8) is 0 Å². The number of amides is 2. The van der Waals surface area contributed by atoms with Gasteiger partial charge in [-0.05, 0) is 31.1 Å². The minimum Gasteiger partial charge on any atom is -0.274 e. The van der Waals surface area contributed by atoms with E-state index in [9.17, 15) is 9.59 Å². The molecule has 3 heteroatoms. The maximum Gasteiger partial charge on any atom is 0.257 e. The number of fused-ring (bicyclic) bond motifs is 4. The Hall–Kier alpha value is -1.38. The number of imide groups is 1. The first kappa shape index (κ1) is 11.7. The summed E-state index contributed by atoms with van der Waals surface area (Å²) in [5, 5.41) is 0. The SMILES string of the molecule is C=CCN1C(=O)C2=C3CCC(C3CCC)C2C1=O. The Bertz CT molecular complexity index is 463. The summed E-state index contributed by atoms with van der Waals surface area (Å²) in [4.78, 5) is 26.1. The lowest BCUT2D eigenvalue weighted by Crippen LogP contribution is -2.33. The van der Waals surface area contributed by atoms with Crippen molar-refractivity contribution in [3.05, 3.63) is 23.8 Å². The first-order valence-corrected chi connectivity index (χ1v) is 6.90. The number of nitrogens with zero attached hydrogens (tertiary/aromatic N) is 1. The smallest absolute Gasteiger partial charge is 0.257 e. The standard InChI is InChI=1S/C15H19NO2/c1-3-5-9-10-6-7-11(9)13-12(10)14(17)16(8-4-2)15(13)18/h4,9-10,12H,2-3,5-8H2,1H3. The Labute approximate surface area is 108 Å². The van der Waals surface area contributed by atoms with Gasteiger partial charge in [-0.25, -0.2) is 0 Å². The van der Waals surface area contributed by atoms with Gasteiger partial charge in [0.15, 0.2) is 0 Å². The number of likely N-dealkylation sites (tertiary alicyclic amines) is 1. The average molecular weight is 245 g/mol. The molecule has 1 heterocycles. The molecule has 0 radical (unpaired) electrons. The summed E-state index contributed by atoms with van der Waals surface area (Å²) in [7, 11) is 0. The van der Waals surface area contributed by atoms with Crippen molar-refractivity contribution < 1.29 is 9.59 Å². The van der Waals surface area contributed by atoms with Gasteiger partial charge in [0.2, 0.25) is 5.91 Å². The average Bonchev–Trinajstić information content (AvgIpc) is 2.96. The fourth-order valence-electron chi connectivity index (χ4n) is 4.11. The van der Waals surface area contributed by atoms with Gasteiger partial charge in [-0.1, -0.05) is 25.0 Å². The van der Waals surface area contributed by atoms with Crippen LogP contribution in [0.4, 0.5) is 0 Å². The molecule has 2 aliphatic carbocycles. The molecule has 18 heavy (non-hydrogen) atoms. The van der Waals surface area contributed by atoms with Crippen molar-refractivity contribution in [1.29, 1.82) is 0 Å². The summed E-state index contributed by atoms with van der Waals surface area (Å²) in [6.45, 7) is 6.15. The van der Waals surface area contributed by atoms with E-state index in [1.54, 1.807) is 6.08 Å². The topological polar surface area (TPSA) is 37.4 Å². The molecule has 2 fully saturated rings. The highest BCUT2D eigenvalue weighted by atomic mass is 16.2. The van der Waals surface area contributed by atoms with Crippen molar-refractivity contribution in [2.45, 2.75) is 32.6 Å². The fraction of sp³-hybridized carbons (Fsp3) is 0.600. The van der Waals surface area contributed by atoms with E-state index >= 15 is 0 Å². The van der Waals surface area contributed by atoms with Crippen LogP contribution < -0.4 is 0 Å². The summed E-state index contributed by atoms with van der Waals surface area (Å²) in [5.41, 5.74) is 2.16. The summed E-state index contributed by atoms with van der Waals surface area (Å²) in [6, 6.07) is 0. The van der Waals surface area contributed by atoms with Crippen molar-refractivity contribution in [2.24, 2.45) is 17.8 Å². The molecule has 0 N–H and O–H groups in total. The summed E-state index contributed by atoms with van der Waals surface area (Å²) in [6.07, 6.45) is 6.01. The minimum atomic E-state index is -0.113. The lowest BCUT2D eigenvalue weighted by Gasteiger charge is -2.20.